The minimum absolute atomic E-state index is 0.0240. The molecule has 3 aromatic rings. The largest absolute Gasteiger partial charge is 0.332 e. The first-order chi connectivity index (χ1) is 14.9. The zero-order chi connectivity index (χ0) is 22.2. The van der Waals surface area contributed by atoms with Gasteiger partial charge in [0.05, 0.1) is 10.6 Å². The zero-order valence-corrected chi connectivity index (χ0v) is 17.0. The van der Waals surface area contributed by atoms with Crippen molar-refractivity contribution in [3.63, 3.8) is 0 Å². The van der Waals surface area contributed by atoms with Gasteiger partial charge in [-0.1, -0.05) is 36.4 Å². The van der Waals surface area contributed by atoms with E-state index in [1.807, 2.05) is 0 Å². The summed E-state index contributed by atoms with van der Waals surface area (Å²) in [5.41, 5.74) is 1.89. The lowest BCUT2D eigenvalue weighted by Gasteiger charge is -2.12. The Morgan fingerprint density at radius 2 is 1.55 bits per heavy atom. The first-order valence-corrected chi connectivity index (χ1v) is 9.58. The molecule has 0 saturated carbocycles. The average molecular weight is 431 g/mol. The van der Waals surface area contributed by atoms with E-state index in [-0.39, 0.29) is 22.5 Å². The van der Waals surface area contributed by atoms with Crippen molar-refractivity contribution in [3.05, 3.63) is 112 Å². The van der Waals surface area contributed by atoms with Crippen LogP contribution in [0.3, 0.4) is 0 Å². The second-order valence-corrected chi connectivity index (χ2v) is 6.77. The maximum absolute atomic E-state index is 12.7. The number of allylic oxidation sites excluding steroid dienone is 1. The zero-order valence-electron chi connectivity index (χ0n) is 16.1. The van der Waals surface area contributed by atoms with Crippen LogP contribution < -0.4 is 10.6 Å². The molecule has 7 nitrogen and oxygen atoms in total. The van der Waals surface area contributed by atoms with E-state index in [0.717, 1.165) is 0 Å². The summed E-state index contributed by atoms with van der Waals surface area (Å²) in [5, 5.41) is 16.2. The van der Waals surface area contributed by atoms with Crippen LogP contribution in [0, 0.1) is 10.1 Å². The molecule has 0 spiro atoms. The molecular weight excluding hydrogens is 414 g/mol. The van der Waals surface area contributed by atoms with Crippen LogP contribution in [0.25, 0.3) is 6.08 Å². The highest BCUT2D eigenvalue weighted by Crippen LogP contribution is 2.18. The van der Waals surface area contributed by atoms with Crippen molar-refractivity contribution in [2.24, 2.45) is 0 Å². The van der Waals surface area contributed by atoms with E-state index in [1.165, 1.54) is 18.2 Å². The summed E-state index contributed by atoms with van der Waals surface area (Å²) in [4.78, 5) is 35.1. The molecule has 0 unspecified atom stereocenters. The summed E-state index contributed by atoms with van der Waals surface area (Å²) < 4.78 is 0. The predicted molar refractivity (Wildman–Crippen MR) is 123 cm³/mol. The van der Waals surface area contributed by atoms with Crippen molar-refractivity contribution in [3.8, 4) is 0 Å². The van der Waals surface area contributed by atoms with Crippen molar-refractivity contribution >= 4 is 46.5 Å². The van der Waals surface area contributed by atoms with Gasteiger partial charge in [0.15, 0.2) is 10.9 Å². The molecule has 0 saturated heterocycles. The number of rotatable bonds is 6. The molecule has 0 aliphatic rings. The number of hydrogen-bond acceptors (Lipinski definition) is 5. The topological polar surface area (TPSA) is 101 Å². The van der Waals surface area contributed by atoms with Crippen LogP contribution in [0.4, 0.5) is 11.4 Å². The molecule has 0 aliphatic heterocycles. The van der Waals surface area contributed by atoms with E-state index < -0.39 is 4.92 Å². The molecule has 1 amide bonds. The summed E-state index contributed by atoms with van der Waals surface area (Å²) in [6.45, 7) is 0. The lowest BCUT2D eigenvalue weighted by molar-refractivity contribution is -0.384. The van der Waals surface area contributed by atoms with Gasteiger partial charge in [-0.3, -0.25) is 25.0 Å². The Bertz CT molecular complexity index is 1160. The number of ketones is 1. The van der Waals surface area contributed by atoms with Gasteiger partial charge >= 0.3 is 0 Å². The van der Waals surface area contributed by atoms with Gasteiger partial charge in [0.1, 0.15) is 0 Å². The van der Waals surface area contributed by atoms with Crippen LogP contribution in [0.2, 0.25) is 0 Å². The second-order valence-electron chi connectivity index (χ2n) is 6.37. The Morgan fingerprint density at radius 3 is 2.23 bits per heavy atom. The predicted octanol–water partition coefficient (Wildman–Crippen LogP) is 4.62. The standard InChI is InChI=1S/C23H17N3O4S/c27-21(15-12-16-10-13-18(14-11-16)26(29)30)19-8-4-5-9-20(19)24-23(31)25-22(28)17-6-2-1-3-7-17/h1-15H,(H2,24,25,28,31). The number of nitro groups is 1. The highest BCUT2D eigenvalue weighted by atomic mass is 32.1. The van der Waals surface area contributed by atoms with Crippen molar-refractivity contribution < 1.29 is 14.5 Å². The third-order valence-electron chi connectivity index (χ3n) is 4.23. The molecule has 0 aliphatic carbocycles. The molecule has 0 fully saturated rings. The summed E-state index contributed by atoms with van der Waals surface area (Å²) in [5.74, 6) is -0.654. The van der Waals surface area contributed by atoms with Gasteiger partial charge in [0, 0.05) is 23.3 Å². The molecule has 8 heteroatoms. The number of amides is 1. The monoisotopic (exact) mass is 431 g/mol. The summed E-state index contributed by atoms with van der Waals surface area (Å²) in [7, 11) is 0. The van der Waals surface area contributed by atoms with Crippen molar-refractivity contribution in [2.45, 2.75) is 0 Å². The fraction of sp³-hybridized carbons (Fsp3) is 0. The number of carbonyl (C=O) groups excluding carboxylic acids is 2. The Kier molecular flexibility index (Phi) is 6.97. The molecule has 0 aromatic heterocycles. The summed E-state index contributed by atoms with van der Waals surface area (Å²) in [6.07, 6.45) is 2.94. The van der Waals surface area contributed by atoms with Gasteiger partial charge in [0.25, 0.3) is 11.6 Å². The van der Waals surface area contributed by atoms with Crippen LogP contribution in [-0.2, 0) is 0 Å². The number of thiocarbonyl (C=S) groups is 1. The van der Waals surface area contributed by atoms with Crippen LogP contribution in [0.1, 0.15) is 26.3 Å². The van der Waals surface area contributed by atoms with Crippen LogP contribution in [0.15, 0.2) is 84.9 Å². The number of hydrogen-bond donors (Lipinski definition) is 2. The SMILES string of the molecule is O=C(NC(=S)Nc1ccccc1C(=O)C=Cc1ccc([N+](=O)[O-])cc1)c1ccccc1. The Hall–Kier alpha value is -4.17. The number of benzene rings is 3. The van der Waals surface area contributed by atoms with Crippen molar-refractivity contribution in [1.29, 1.82) is 0 Å². The number of carbonyl (C=O) groups is 2. The Morgan fingerprint density at radius 1 is 0.903 bits per heavy atom. The maximum Gasteiger partial charge on any atom is 0.269 e. The van der Waals surface area contributed by atoms with Gasteiger partial charge in [-0.05, 0) is 60.3 Å². The molecule has 31 heavy (non-hydrogen) atoms. The van der Waals surface area contributed by atoms with Gasteiger partial charge in [-0.2, -0.15) is 0 Å². The van der Waals surface area contributed by atoms with Crippen molar-refractivity contribution in [1.82, 2.24) is 5.32 Å². The Balaban J connectivity index is 1.69. The lowest BCUT2D eigenvalue weighted by atomic mass is 10.1. The molecule has 0 heterocycles. The number of nitro benzene ring substituents is 1. The molecule has 0 atom stereocenters. The van der Waals surface area contributed by atoms with Crippen LogP contribution in [0.5, 0.6) is 0 Å². The normalized spacial score (nSPS) is 10.5. The third kappa shape index (κ3) is 5.91. The third-order valence-corrected chi connectivity index (χ3v) is 4.44. The first-order valence-electron chi connectivity index (χ1n) is 9.17. The fourth-order valence-electron chi connectivity index (χ4n) is 2.69. The lowest BCUT2D eigenvalue weighted by Crippen LogP contribution is -2.34. The number of para-hydroxylation sites is 1. The molecule has 2 N–H and O–H groups in total. The molecule has 154 valence electrons. The number of anilines is 1. The molecule has 0 bridgehead atoms. The molecule has 0 radical (unpaired) electrons. The Labute approximate surface area is 183 Å². The molecular formula is C23H17N3O4S. The van der Waals surface area contributed by atoms with Gasteiger partial charge in [-0.15, -0.1) is 0 Å². The highest BCUT2D eigenvalue weighted by molar-refractivity contribution is 7.80. The van der Waals surface area contributed by atoms with Crippen LogP contribution in [-0.4, -0.2) is 21.7 Å². The fourth-order valence-corrected chi connectivity index (χ4v) is 2.90. The average Bonchev–Trinajstić information content (AvgIpc) is 2.78. The van der Waals surface area contributed by atoms with Crippen molar-refractivity contribution in [2.75, 3.05) is 5.32 Å². The quantitative estimate of drug-likeness (QED) is 0.194. The molecule has 3 aromatic carbocycles. The van der Waals surface area contributed by atoms with E-state index in [1.54, 1.807) is 72.8 Å². The van der Waals surface area contributed by atoms with E-state index in [2.05, 4.69) is 10.6 Å². The van der Waals surface area contributed by atoms with Gasteiger partial charge in [0.2, 0.25) is 0 Å². The summed E-state index contributed by atoms with van der Waals surface area (Å²) >= 11 is 5.21. The number of nitrogens with zero attached hydrogens (tertiary/aromatic N) is 1. The highest BCUT2D eigenvalue weighted by Gasteiger charge is 2.12. The minimum atomic E-state index is -0.486. The molecule has 3 rings (SSSR count). The second kappa shape index (κ2) is 10.0. The van der Waals surface area contributed by atoms with Crippen LogP contribution >= 0.6 is 12.2 Å². The minimum Gasteiger partial charge on any atom is -0.332 e. The van der Waals surface area contributed by atoms with E-state index >= 15 is 0 Å². The van der Waals surface area contributed by atoms with Gasteiger partial charge in [-0.25, -0.2) is 0 Å². The number of non-ortho nitro benzene ring substituents is 1. The van der Waals surface area contributed by atoms with E-state index in [4.69, 9.17) is 12.2 Å². The smallest absolute Gasteiger partial charge is 0.269 e. The van der Waals surface area contributed by atoms with E-state index in [0.29, 0.717) is 22.4 Å². The number of nitrogens with one attached hydrogen (secondary N) is 2. The maximum atomic E-state index is 12.7. The van der Waals surface area contributed by atoms with E-state index in [9.17, 15) is 19.7 Å². The first kappa shape index (κ1) is 21.5. The summed E-state index contributed by atoms with van der Waals surface area (Å²) in [6, 6.07) is 21.2. The van der Waals surface area contributed by atoms with Gasteiger partial charge < -0.3 is 5.32 Å².